The molecule has 132 valence electrons. The number of methoxy groups -OCH3 is 1. The monoisotopic (exact) mass is 348 g/mol. The van der Waals surface area contributed by atoms with E-state index in [1.54, 1.807) is 18.2 Å². The zero-order valence-corrected chi connectivity index (χ0v) is 14.8. The zero-order valence-electron chi connectivity index (χ0n) is 14.8. The summed E-state index contributed by atoms with van der Waals surface area (Å²) in [6.07, 6.45) is 3.29. The number of ketones is 1. The Balaban J connectivity index is 1.73. The van der Waals surface area contributed by atoms with E-state index in [1.807, 2.05) is 49.4 Å². The number of fused-ring (bicyclic) bond motifs is 2. The molecule has 0 radical (unpaired) electrons. The van der Waals surface area contributed by atoms with Gasteiger partial charge in [0.1, 0.15) is 5.75 Å². The summed E-state index contributed by atoms with van der Waals surface area (Å²) in [5.74, 6) is -0.222. The van der Waals surface area contributed by atoms with Gasteiger partial charge in [0.05, 0.1) is 12.7 Å². The fourth-order valence-electron chi connectivity index (χ4n) is 3.65. The molecule has 0 aliphatic carbocycles. The third-order valence-corrected chi connectivity index (χ3v) is 5.07. The van der Waals surface area contributed by atoms with E-state index in [9.17, 15) is 9.59 Å². The van der Waals surface area contributed by atoms with Crippen molar-refractivity contribution in [2.45, 2.75) is 25.8 Å². The highest BCUT2D eigenvalue weighted by Gasteiger charge is 2.33. The summed E-state index contributed by atoms with van der Waals surface area (Å²) in [5, 5.41) is 0.769. The number of hydrogen-bond acceptors (Lipinski definition) is 3. The summed E-state index contributed by atoms with van der Waals surface area (Å²) in [6, 6.07) is 13.1. The molecule has 5 heteroatoms. The Bertz CT molecular complexity index is 1010. The normalized spacial score (nSPS) is 16.4. The van der Waals surface area contributed by atoms with Crippen LogP contribution in [0.3, 0.4) is 0 Å². The van der Waals surface area contributed by atoms with E-state index in [2.05, 4.69) is 4.98 Å². The summed E-state index contributed by atoms with van der Waals surface area (Å²) >= 11 is 0. The maximum atomic E-state index is 13.1. The molecule has 1 aromatic heterocycles. The van der Waals surface area contributed by atoms with Crippen LogP contribution >= 0.6 is 0 Å². The Labute approximate surface area is 151 Å². The largest absolute Gasteiger partial charge is 0.497 e. The molecule has 0 spiro atoms. The lowest BCUT2D eigenvalue weighted by molar-refractivity contribution is -0.115. The fourth-order valence-corrected chi connectivity index (χ4v) is 3.65. The molecule has 1 aliphatic heterocycles. The number of anilines is 1. The van der Waals surface area contributed by atoms with Gasteiger partial charge >= 0.3 is 0 Å². The van der Waals surface area contributed by atoms with Crippen molar-refractivity contribution in [3.63, 3.8) is 0 Å². The first-order valence-corrected chi connectivity index (χ1v) is 8.71. The number of carbonyl (C=O) groups excluding carboxylic acids is 2. The number of aryl methyl sites for hydroxylation is 1. The van der Waals surface area contributed by atoms with Crippen LogP contribution in [0.4, 0.5) is 5.69 Å². The van der Waals surface area contributed by atoms with Crippen LogP contribution in [0.25, 0.3) is 10.9 Å². The van der Waals surface area contributed by atoms with E-state index in [1.165, 1.54) is 0 Å². The van der Waals surface area contributed by atoms with Gasteiger partial charge in [-0.3, -0.25) is 9.59 Å². The molecular formula is C21H20N2O3. The predicted molar refractivity (Wildman–Crippen MR) is 101 cm³/mol. The van der Waals surface area contributed by atoms with Crippen molar-refractivity contribution < 1.29 is 14.3 Å². The molecule has 1 aliphatic rings. The van der Waals surface area contributed by atoms with Crippen LogP contribution in [0, 0.1) is 0 Å². The average molecular weight is 348 g/mol. The highest BCUT2D eigenvalue weighted by molar-refractivity contribution is 6.49. The quantitative estimate of drug-likeness (QED) is 0.579. The molecule has 2 heterocycles. The van der Waals surface area contributed by atoms with Gasteiger partial charge in [0.15, 0.2) is 0 Å². The van der Waals surface area contributed by atoms with E-state index < -0.39 is 11.7 Å². The smallest absolute Gasteiger partial charge is 0.299 e. The Kier molecular flexibility index (Phi) is 3.99. The van der Waals surface area contributed by atoms with Crippen LogP contribution in [0.5, 0.6) is 5.75 Å². The molecule has 0 saturated heterocycles. The standard InChI is InChI=1S/C21H20N2O3/c1-13-7-8-14-11-15(26-2)9-10-19(14)23(13)21(25)20(24)17-12-22-18-6-4-3-5-16(17)18/h3-6,9-13,22H,7-8H2,1-2H3/t13-/m1/s1. The van der Waals surface area contributed by atoms with E-state index >= 15 is 0 Å². The first kappa shape index (κ1) is 16.4. The van der Waals surface area contributed by atoms with Crippen LogP contribution in [0.15, 0.2) is 48.7 Å². The van der Waals surface area contributed by atoms with Crippen molar-refractivity contribution in [3.8, 4) is 5.75 Å². The van der Waals surface area contributed by atoms with E-state index in [4.69, 9.17) is 4.74 Å². The molecule has 2 aromatic carbocycles. The molecule has 0 fully saturated rings. The molecular weight excluding hydrogens is 328 g/mol. The molecule has 5 nitrogen and oxygen atoms in total. The van der Waals surface area contributed by atoms with Gasteiger partial charge in [-0.2, -0.15) is 0 Å². The van der Waals surface area contributed by atoms with Crippen molar-refractivity contribution in [2.75, 3.05) is 12.0 Å². The summed E-state index contributed by atoms with van der Waals surface area (Å²) in [7, 11) is 1.62. The minimum atomic E-state index is -0.492. The fraction of sp³-hybridized carbons (Fsp3) is 0.238. The number of nitrogens with one attached hydrogen (secondary N) is 1. The maximum absolute atomic E-state index is 13.1. The van der Waals surface area contributed by atoms with Gasteiger partial charge in [-0.25, -0.2) is 0 Å². The van der Waals surface area contributed by atoms with Crippen molar-refractivity contribution in [1.82, 2.24) is 4.98 Å². The first-order valence-electron chi connectivity index (χ1n) is 8.71. The number of carbonyl (C=O) groups is 2. The summed E-state index contributed by atoms with van der Waals surface area (Å²) < 4.78 is 5.28. The Morgan fingerprint density at radius 3 is 2.81 bits per heavy atom. The third-order valence-electron chi connectivity index (χ3n) is 5.07. The van der Waals surface area contributed by atoms with E-state index in [0.29, 0.717) is 5.56 Å². The number of aromatic nitrogens is 1. The van der Waals surface area contributed by atoms with Gasteiger partial charge in [0, 0.05) is 28.8 Å². The lowest BCUT2D eigenvalue weighted by Crippen LogP contribution is -2.45. The Morgan fingerprint density at radius 2 is 2.00 bits per heavy atom. The van der Waals surface area contributed by atoms with Gasteiger partial charge in [-0.05, 0) is 49.6 Å². The van der Waals surface area contributed by atoms with Crippen LogP contribution in [0.2, 0.25) is 0 Å². The van der Waals surface area contributed by atoms with Gasteiger partial charge in [0.25, 0.3) is 11.7 Å². The van der Waals surface area contributed by atoms with Crippen LogP contribution in [0.1, 0.15) is 29.3 Å². The van der Waals surface area contributed by atoms with Crippen molar-refractivity contribution >= 4 is 28.3 Å². The number of aromatic amines is 1. The van der Waals surface area contributed by atoms with Crippen molar-refractivity contribution in [2.24, 2.45) is 0 Å². The minimum Gasteiger partial charge on any atom is -0.497 e. The average Bonchev–Trinajstić information content (AvgIpc) is 3.10. The lowest BCUT2D eigenvalue weighted by Gasteiger charge is -2.35. The number of para-hydroxylation sites is 1. The zero-order chi connectivity index (χ0) is 18.3. The molecule has 3 aromatic rings. The summed E-state index contributed by atoms with van der Waals surface area (Å²) in [6.45, 7) is 1.98. The number of benzene rings is 2. The van der Waals surface area contributed by atoms with E-state index in [0.717, 1.165) is 40.7 Å². The number of Topliss-reactive ketones (excluding diaryl/α,β-unsaturated/α-hetero) is 1. The van der Waals surface area contributed by atoms with Gasteiger partial charge in [0.2, 0.25) is 0 Å². The third kappa shape index (κ3) is 2.56. The van der Waals surface area contributed by atoms with Crippen LogP contribution in [-0.2, 0) is 11.2 Å². The molecule has 0 saturated carbocycles. The molecule has 1 N–H and O–H groups in total. The SMILES string of the molecule is COc1ccc2c(c1)CC[C@@H](C)N2C(=O)C(=O)c1c[nH]c2ccccc12. The van der Waals surface area contributed by atoms with Gasteiger partial charge in [-0.1, -0.05) is 18.2 Å². The number of amides is 1. The number of rotatable bonds is 3. The van der Waals surface area contributed by atoms with Gasteiger partial charge in [-0.15, -0.1) is 0 Å². The highest BCUT2D eigenvalue weighted by atomic mass is 16.5. The van der Waals surface area contributed by atoms with Crippen molar-refractivity contribution in [1.29, 1.82) is 0 Å². The molecule has 1 atom stereocenters. The van der Waals surface area contributed by atoms with E-state index in [-0.39, 0.29) is 6.04 Å². The molecule has 0 bridgehead atoms. The second kappa shape index (κ2) is 6.33. The second-order valence-corrected chi connectivity index (χ2v) is 6.63. The van der Waals surface area contributed by atoms with Gasteiger partial charge < -0.3 is 14.6 Å². The van der Waals surface area contributed by atoms with Crippen molar-refractivity contribution in [3.05, 3.63) is 59.8 Å². The molecule has 1 amide bonds. The number of hydrogen-bond donors (Lipinski definition) is 1. The minimum absolute atomic E-state index is 0.0300. The number of H-pyrrole nitrogens is 1. The summed E-state index contributed by atoms with van der Waals surface area (Å²) in [5.41, 5.74) is 3.09. The summed E-state index contributed by atoms with van der Waals surface area (Å²) in [4.78, 5) is 30.8. The second-order valence-electron chi connectivity index (χ2n) is 6.63. The number of nitrogens with zero attached hydrogens (tertiary/aromatic N) is 1. The maximum Gasteiger partial charge on any atom is 0.299 e. The lowest BCUT2D eigenvalue weighted by atomic mass is 9.95. The van der Waals surface area contributed by atoms with Crippen LogP contribution in [-0.4, -0.2) is 29.8 Å². The molecule has 4 rings (SSSR count). The predicted octanol–water partition coefficient (Wildman–Crippen LogP) is 3.73. The number of ether oxygens (including phenoxy) is 1. The first-order chi connectivity index (χ1) is 12.6. The Hall–Kier alpha value is -3.08. The topological polar surface area (TPSA) is 62.4 Å². The highest BCUT2D eigenvalue weighted by Crippen LogP contribution is 2.34. The Morgan fingerprint density at radius 1 is 1.19 bits per heavy atom. The van der Waals surface area contributed by atoms with Crippen LogP contribution < -0.4 is 9.64 Å². The molecule has 26 heavy (non-hydrogen) atoms. The molecule has 0 unspecified atom stereocenters.